The number of alkyl halides is 1. The molecule has 0 spiro atoms. The minimum Gasteiger partial charge on any atom is -1.00 e. The van der Waals surface area contributed by atoms with E-state index in [1.54, 1.807) is 14.1 Å². The van der Waals surface area contributed by atoms with E-state index in [1.165, 1.54) is 5.06 Å². The van der Waals surface area contributed by atoms with Crippen molar-refractivity contribution in [2.24, 2.45) is 0 Å². The summed E-state index contributed by atoms with van der Waals surface area (Å²) >= 11 is 5.33. The van der Waals surface area contributed by atoms with Crippen molar-refractivity contribution in [2.75, 3.05) is 20.0 Å². The number of halogens is 1. The average Bonchev–Trinajstić information content (AvgIpc) is 1.99. The summed E-state index contributed by atoms with van der Waals surface area (Å²) in [6.45, 7) is 0. The fourth-order valence-electron chi connectivity index (χ4n) is 0.611. The number of aliphatic hydroxyl groups is 1. The van der Waals surface area contributed by atoms with Crippen LogP contribution in [-0.2, 0) is 9.63 Å². The first kappa shape index (κ1) is 16.1. The number of aliphatic hydroxyl groups excluding tert-OH is 1. The van der Waals surface area contributed by atoms with E-state index in [9.17, 15) is 4.79 Å². The Morgan fingerprint density at radius 2 is 2.23 bits per heavy atom. The van der Waals surface area contributed by atoms with Gasteiger partial charge in [0.05, 0.1) is 6.10 Å². The summed E-state index contributed by atoms with van der Waals surface area (Å²) in [6.07, 6.45) is -0.0937. The molecule has 0 saturated carbocycles. The number of hydroxylamine groups is 2. The van der Waals surface area contributed by atoms with Crippen molar-refractivity contribution in [1.29, 1.82) is 0 Å². The fourth-order valence-corrected chi connectivity index (χ4v) is 0.765. The van der Waals surface area contributed by atoms with E-state index >= 15 is 0 Å². The Morgan fingerprint density at radius 1 is 1.69 bits per heavy atom. The van der Waals surface area contributed by atoms with Gasteiger partial charge in [-0.05, 0) is 6.42 Å². The van der Waals surface area contributed by atoms with Crippen molar-refractivity contribution < 1.29 is 45.7 Å². The Bertz CT molecular complexity index is 151. The number of nitrogens with zero attached hydrogens (tertiary/aromatic N) is 1. The molecule has 0 aliphatic heterocycles. The Labute approximate surface area is 107 Å². The van der Waals surface area contributed by atoms with Gasteiger partial charge in [0.1, 0.15) is 0 Å². The Hall–Kier alpha value is 0.680. The molecule has 0 aliphatic rings. The molecule has 4 nitrogen and oxygen atoms in total. The van der Waals surface area contributed by atoms with Crippen molar-refractivity contribution in [3.05, 3.63) is 0 Å². The third-order valence-corrected chi connectivity index (χ3v) is 1.50. The molecule has 1 N–H and O–H groups in total. The molecule has 0 aromatic heterocycles. The molecule has 1 unspecified atom stereocenters. The molecule has 6 heteroatoms. The zero-order valence-corrected chi connectivity index (χ0v) is 11.0. The van der Waals surface area contributed by atoms with Crippen molar-refractivity contribution in [3.63, 3.8) is 0 Å². The van der Waals surface area contributed by atoms with E-state index in [1.807, 2.05) is 0 Å². The zero-order chi connectivity index (χ0) is 9.56. The van der Waals surface area contributed by atoms with Crippen LogP contribution in [0.1, 0.15) is 14.3 Å². The first-order chi connectivity index (χ1) is 5.56. The first-order valence-electron chi connectivity index (χ1n) is 3.68. The number of hydrogen-bond acceptors (Lipinski definition) is 4. The second-order valence-corrected chi connectivity index (χ2v) is 2.93. The molecule has 0 aromatic rings. The van der Waals surface area contributed by atoms with Crippen LogP contribution < -0.4 is 29.6 Å². The van der Waals surface area contributed by atoms with E-state index in [0.29, 0.717) is 6.42 Å². The summed E-state index contributed by atoms with van der Waals surface area (Å²) in [6, 6.07) is 0. The topological polar surface area (TPSA) is 49.8 Å². The summed E-state index contributed by atoms with van der Waals surface area (Å²) in [7, 11) is 3.24. The van der Waals surface area contributed by atoms with Gasteiger partial charge in [-0.3, -0.25) is 4.79 Å². The molecular formula is C7H15ClNNaO3. The van der Waals surface area contributed by atoms with Crippen LogP contribution >= 0.6 is 11.6 Å². The number of carbonyl (C=O) groups is 1. The van der Waals surface area contributed by atoms with E-state index < -0.39 is 6.10 Å². The molecule has 0 amide bonds. The zero-order valence-electron chi connectivity index (χ0n) is 9.29. The molecular weight excluding hydrogens is 205 g/mol. The molecule has 0 saturated heterocycles. The first-order valence-corrected chi connectivity index (χ1v) is 4.22. The van der Waals surface area contributed by atoms with Gasteiger partial charge in [0, 0.05) is 26.4 Å². The molecule has 0 rings (SSSR count). The van der Waals surface area contributed by atoms with Crippen molar-refractivity contribution >= 4 is 17.6 Å². The Morgan fingerprint density at radius 3 is 2.62 bits per heavy atom. The largest absolute Gasteiger partial charge is 1.00 e. The van der Waals surface area contributed by atoms with Gasteiger partial charge in [-0.25, -0.2) is 0 Å². The molecule has 0 heterocycles. The Balaban J connectivity index is -0.000000605. The van der Waals surface area contributed by atoms with Gasteiger partial charge in [0.2, 0.25) is 0 Å². The molecule has 0 radical (unpaired) electrons. The molecule has 0 fully saturated rings. The van der Waals surface area contributed by atoms with Gasteiger partial charge in [-0.1, -0.05) is 0 Å². The second kappa shape index (κ2) is 9.24. The van der Waals surface area contributed by atoms with Crippen LogP contribution in [0.25, 0.3) is 0 Å². The van der Waals surface area contributed by atoms with Crippen molar-refractivity contribution in [1.82, 2.24) is 5.06 Å². The van der Waals surface area contributed by atoms with E-state index in [4.69, 9.17) is 16.7 Å². The van der Waals surface area contributed by atoms with Crippen molar-refractivity contribution in [3.8, 4) is 0 Å². The number of carbonyl (C=O) groups excluding carboxylic acids is 1. The molecule has 74 valence electrons. The molecule has 0 aliphatic carbocycles. The summed E-state index contributed by atoms with van der Waals surface area (Å²) in [4.78, 5) is 15.5. The van der Waals surface area contributed by atoms with Crippen LogP contribution in [0, 0.1) is 0 Å². The molecule has 0 aromatic carbocycles. The summed E-state index contributed by atoms with van der Waals surface area (Å²) in [5.41, 5.74) is 0. The van der Waals surface area contributed by atoms with Gasteiger partial charge in [-0.15, -0.1) is 16.7 Å². The maximum absolute atomic E-state index is 10.9. The van der Waals surface area contributed by atoms with E-state index in [2.05, 4.69) is 4.84 Å². The smallest absolute Gasteiger partial charge is 1.00 e. The third kappa shape index (κ3) is 10.6. The molecule has 13 heavy (non-hydrogen) atoms. The van der Waals surface area contributed by atoms with Gasteiger partial charge in [-0.2, -0.15) is 0 Å². The van der Waals surface area contributed by atoms with Crippen LogP contribution in [0.5, 0.6) is 0 Å². The van der Waals surface area contributed by atoms with E-state index in [0.717, 1.165) is 0 Å². The van der Waals surface area contributed by atoms with Gasteiger partial charge in [0.25, 0.3) is 0 Å². The van der Waals surface area contributed by atoms with Crippen LogP contribution in [0.2, 0.25) is 0 Å². The summed E-state index contributed by atoms with van der Waals surface area (Å²) < 4.78 is 0. The van der Waals surface area contributed by atoms with Crippen LogP contribution in [0.15, 0.2) is 0 Å². The van der Waals surface area contributed by atoms with Crippen molar-refractivity contribution in [2.45, 2.75) is 18.9 Å². The van der Waals surface area contributed by atoms with Gasteiger partial charge in [0.15, 0.2) is 0 Å². The predicted octanol–water partition coefficient (Wildman–Crippen LogP) is -2.50. The quantitative estimate of drug-likeness (QED) is 0.316. The minimum atomic E-state index is -0.624. The number of hydrogen-bond donors (Lipinski definition) is 1. The molecule has 1 atom stereocenters. The van der Waals surface area contributed by atoms with Crippen LogP contribution in [0.3, 0.4) is 0 Å². The second-order valence-electron chi connectivity index (χ2n) is 2.62. The van der Waals surface area contributed by atoms with Crippen LogP contribution in [-0.4, -0.2) is 42.2 Å². The SMILES string of the molecule is CN(C)OC(=O)CCC(O)CCl.[H-].[Na+]. The maximum atomic E-state index is 10.9. The average molecular weight is 220 g/mol. The van der Waals surface area contributed by atoms with Gasteiger partial charge < -0.3 is 11.4 Å². The van der Waals surface area contributed by atoms with E-state index in [-0.39, 0.29) is 49.3 Å². The van der Waals surface area contributed by atoms with Crippen LogP contribution in [0.4, 0.5) is 0 Å². The summed E-state index contributed by atoms with van der Waals surface area (Å²) in [5, 5.41) is 10.3. The fraction of sp³-hybridized carbons (Fsp3) is 0.857. The number of rotatable bonds is 5. The van der Waals surface area contributed by atoms with Gasteiger partial charge >= 0.3 is 35.5 Å². The monoisotopic (exact) mass is 219 g/mol. The predicted molar refractivity (Wildman–Crippen MR) is 46.9 cm³/mol. The third-order valence-electron chi connectivity index (χ3n) is 1.14. The Kier molecular flexibility index (Phi) is 11.5. The molecule has 0 bridgehead atoms. The standard InChI is InChI=1S/C7H14ClNO3.Na.H/c1-9(2)12-7(11)4-3-6(10)5-8;;/h6,10H,3-5H2,1-2H3;;/q;+1;-1. The minimum absolute atomic E-state index is 0. The summed E-state index contributed by atoms with van der Waals surface area (Å²) in [5.74, 6) is -0.209. The maximum Gasteiger partial charge on any atom is 1.00 e. The normalized spacial score (nSPS) is 12.1.